The molecule has 0 N–H and O–H groups in total. The summed E-state index contributed by atoms with van der Waals surface area (Å²) in [6, 6.07) is 0. The van der Waals surface area contributed by atoms with Gasteiger partial charge in [0.1, 0.15) is 0 Å². The van der Waals surface area contributed by atoms with Gasteiger partial charge in [-0.1, -0.05) is 0 Å². The average molecular weight is 283 g/mol. The Hall–Kier alpha value is -0.980. The molecule has 6 heteroatoms. The average Bonchev–Trinajstić information content (AvgIpc) is 2.83. The number of hydrogen-bond donors (Lipinski definition) is 0. The Balaban J connectivity index is 1.75. The minimum absolute atomic E-state index is 0.166. The van der Waals surface area contributed by atoms with Crippen molar-refractivity contribution in [1.29, 1.82) is 0 Å². The molecular formula is C13H21N3O2S. The van der Waals surface area contributed by atoms with Gasteiger partial charge in [-0.3, -0.25) is 4.90 Å². The third-order valence-electron chi connectivity index (χ3n) is 3.02. The van der Waals surface area contributed by atoms with Crippen molar-refractivity contribution in [2.24, 2.45) is 5.41 Å². The van der Waals surface area contributed by atoms with Crippen molar-refractivity contribution in [1.82, 2.24) is 14.9 Å². The number of rotatable bonds is 3. The number of aromatic nitrogens is 1. The first-order valence-electron chi connectivity index (χ1n) is 6.52. The molecule has 0 bridgehead atoms. The summed E-state index contributed by atoms with van der Waals surface area (Å²) in [6.45, 7) is 9.79. The van der Waals surface area contributed by atoms with E-state index in [1.807, 2.05) is 26.3 Å². The summed E-state index contributed by atoms with van der Waals surface area (Å²) < 4.78 is 0. The molecule has 1 saturated heterocycles. The van der Waals surface area contributed by atoms with E-state index in [9.17, 15) is 4.79 Å². The number of thiazole rings is 1. The van der Waals surface area contributed by atoms with Crippen LogP contribution >= 0.6 is 11.3 Å². The van der Waals surface area contributed by atoms with Crippen LogP contribution in [-0.2, 0) is 16.2 Å². The fourth-order valence-electron chi connectivity index (χ4n) is 1.78. The maximum absolute atomic E-state index is 11.8. The van der Waals surface area contributed by atoms with E-state index >= 15 is 0 Å². The van der Waals surface area contributed by atoms with Crippen LogP contribution in [0.15, 0.2) is 10.9 Å². The Morgan fingerprint density at radius 3 is 2.58 bits per heavy atom. The van der Waals surface area contributed by atoms with Gasteiger partial charge in [0.2, 0.25) is 0 Å². The molecule has 2 rings (SSSR count). The van der Waals surface area contributed by atoms with E-state index in [-0.39, 0.29) is 5.97 Å². The summed E-state index contributed by atoms with van der Waals surface area (Å²) in [5.74, 6) is -0.166. The molecule has 1 aromatic rings. The molecule has 2 heterocycles. The van der Waals surface area contributed by atoms with Crippen LogP contribution in [0.2, 0.25) is 0 Å². The highest BCUT2D eigenvalue weighted by Gasteiger charge is 2.27. The summed E-state index contributed by atoms with van der Waals surface area (Å²) in [4.78, 5) is 23.8. The summed E-state index contributed by atoms with van der Waals surface area (Å²) in [5.41, 5.74) is 2.53. The fourth-order valence-corrected chi connectivity index (χ4v) is 2.33. The van der Waals surface area contributed by atoms with Crippen molar-refractivity contribution in [3.05, 3.63) is 16.6 Å². The third-order valence-corrected chi connectivity index (χ3v) is 3.66. The molecule has 0 aromatic carbocycles. The third kappa shape index (κ3) is 4.26. The van der Waals surface area contributed by atoms with Gasteiger partial charge in [0.05, 0.1) is 16.6 Å². The lowest BCUT2D eigenvalue weighted by Crippen LogP contribution is -2.47. The normalized spacial score (nSPS) is 18.5. The summed E-state index contributed by atoms with van der Waals surface area (Å²) in [7, 11) is 0. The molecule has 1 fully saturated rings. The van der Waals surface area contributed by atoms with Gasteiger partial charge < -0.3 is 4.84 Å². The first-order valence-corrected chi connectivity index (χ1v) is 7.46. The van der Waals surface area contributed by atoms with Gasteiger partial charge >= 0.3 is 5.97 Å². The van der Waals surface area contributed by atoms with Crippen molar-refractivity contribution in [2.45, 2.75) is 27.3 Å². The molecule has 0 atom stereocenters. The van der Waals surface area contributed by atoms with Gasteiger partial charge in [0.25, 0.3) is 0 Å². The number of carbonyl (C=O) groups is 1. The first-order chi connectivity index (χ1) is 8.95. The Kier molecular flexibility index (Phi) is 4.54. The molecule has 0 saturated carbocycles. The van der Waals surface area contributed by atoms with Gasteiger partial charge in [0, 0.05) is 38.1 Å². The highest BCUT2D eigenvalue weighted by Crippen LogP contribution is 2.17. The maximum atomic E-state index is 11.8. The van der Waals surface area contributed by atoms with Crippen LogP contribution in [0.1, 0.15) is 26.5 Å². The zero-order valence-corrected chi connectivity index (χ0v) is 12.6. The first kappa shape index (κ1) is 14.4. The van der Waals surface area contributed by atoms with Gasteiger partial charge in [-0.2, -0.15) is 0 Å². The standard InChI is InChI=1S/C13H21N3O2S/c1-13(2,3)12(17)18-16-6-4-15(5-7-16)8-11-9-19-10-14-11/h9-10H,4-8H2,1-3H3. The van der Waals surface area contributed by atoms with E-state index in [1.54, 1.807) is 16.4 Å². The van der Waals surface area contributed by atoms with Crippen molar-refractivity contribution in [3.63, 3.8) is 0 Å². The van der Waals surface area contributed by atoms with Crippen molar-refractivity contribution < 1.29 is 9.63 Å². The van der Waals surface area contributed by atoms with Gasteiger partial charge in [-0.25, -0.2) is 9.78 Å². The second-order valence-corrected chi connectivity index (χ2v) is 6.53. The number of hydrogen-bond acceptors (Lipinski definition) is 6. The molecule has 0 amide bonds. The van der Waals surface area contributed by atoms with Gasteiger partial charge in [-0.05, 0) is 20.8 Å². The lowest BCUT2D eigenvalue weighted by Gasteiger charge is -2.34. The monoisotopic (exact) mass is 283 g/mol. The van der Waals surface area contributed by atoms with E-state index in [2.05, 4.69) is 15.3 Å². The molecule has 5 nitrogen and oxygen atoms in total. The highest BCUT2D eigenvalue weighted by molar-refractivity contribution is 7.07. The predicted octanol–water partition coefficient (Wildman–Crippen LogP) is 1.76. The largest absolute Gasteiger partial charge is 0.367 e. The number of carbonyl (C=O) groups excluding carboxylic acids is 1. The zero-order chi connectivity index (χ0) is 13.9. The Morgan fingerprint density at radius 2 is 2.05 bits per heavy atom. The molecule has 0 aliphatic carbocycles. The minimum Gasteiger partial charge on any atom is -0.367 e. The predicted molar refractivity (Wildman–Crippen MR) is 74.5 cm³/mol. The molecule has 0 spiro atoms. The number of piperazine rings is 1. The van der Waals surface area contributed by atoms with E-state index in [0.29, 0.717) is 0 Å². The molecule has 1 aliphatic rings. The van der Waals surface area contributed by atoms with Crippen LogP contribution in [0.5, 0.6) is 0 Å². The van der Waals surface area contributed by atoms with Crippen molar-refractivity contribution in [2.75, 3.05) is 26.2 Å². The lowest BCUT2D eigenvalue weighted by atomic mass is 9.98. The molecule has 1 aliphatic heterocycles. The van der Waals surface area contributed by atoms with E-state index in [1.165, 1.54) is 0 Å². The van der Waals surface area contributed by atoms with Crippen molar-refractivity contribution >= 4 is 17.3 Å². The van der Waals surface area contributed by atoms with E-state index in [4.69, 9.17) is 4.84 Å². The van der Waals surface area contributed by atoms with Crippen LogP contribution < -0.4 is 0 Å². The topological polar surface area (TPSA) is 45.7 Å². The summed E-state index contributed by atoms with van der Waals surface area (Å²) >= 11 is 1.62. The van der Waals surface area contributed by atoms with Crippen LogP contribution in [0.25, 0.3) is 0 Å². The summed E-state index contributed by atoms with van der Waals surface area (Å²) in [5, 5.41) is 3.84. The fraction of sp³-hybridized carbons (Fsp3) is 0.692. The number of nitrogens with zero attached hydrogens (tertiary/aromatic N) is 3. The smallest absolute Gasteiger partial charge is 0.330 e. The summed E-state index contributed by atoms with van der Waals surface area (Å²) in [6.07, 6.45) is 0. The minimum atomic E-state index is -0.447. The maximum Gasteiger partial charge on any atom is 0.330 e. The van der Waals surface area contributed by atoms with Crippen LogP contribution in [0, 0.1) is 5.41 Å². The second-order valence-electron chi connectivity index (χ2n) is 5.81. The Morgan fingerprint density at radius 1 is 1.37 bits per heavy atom. The molecular weight excluding hydrogens is 262 g/mol. The Bertz CT molecular complexity index is 406. The Labute approximate surface area is 118 Å². The molecule has 1 aromatic heterocycles. The number of hydroxylamine groups is 2. The molecule has 0 radical (unpaired) electrons. The van der Waals surface area contributed by atoms with Gasteiger partial charge in [0.15, 0.2) is 0 Å². The molecule has 19 heavy (non-hydrogen) atoms. The van der Waals surface area contributed by atoms with E-state index in [0.717, 1.165) is 38.4 Å². The SMILES string of the molecule is CC(C)(C)C(=O)ON1CCN(Cc2cscn2)CC1. The zero-order valence-electron chi connectivity index (χ0n) is 11.8. The van der Waals surface area contributed by atoms with Crippen LogP contribution in [0.3, 0.4) is 0 Å². The highest BCUT2D eigenvalue weighted by atomic mass is 32.1. The van der Waals surface area contributed by atoms with Crippen LogP contribution in [-0.4, -0.2) is 47.1 Å². The molecule has 106 valence electrons. The lowest BCUT2D eigenvalue weighted by molar-refractivity contribution is -0.207. The van der Waals surface area contributed by atoms with Crippen molar-refractivity contribution in [3.8, 4) is 0 Å². The van der Waals surface area contributed by atoms with E-state index < -0.39 is 5.41 Å². The quantitative estimate of drug-likeness (QED) is 0.846. The van der Waals surface area contributed by atoms with Crippen LogP contribution in [0.4, 0.5) is 0 Å². The molecule has 0 unspecified atom stereocenters. The van der Waals surface area contributed by atoms with Gasteiger partial charge in [-0.15, -0.1) is 16.4 Å². The second kappa shape index (κ2) is 5.98.